The van der Waals surface area contributed by atoms with Gasteiger partial charge >= 0.3 is 0 Å². The van der Waals surface area contributed by atoms with E-state index in [1.54, 1.807) is 29.2 Å². The number of carbonyl (C=O) groups is 2. The van der Waals surface area contributed by atoms with Crippen molar-refractivity contribution in [1.82, 2.24) is 4.90 Å². The first-order valence-corrected chi connectivity index (χ1v) is 9.72. The maximum Gasteiger partial charge on any atom is 0.257 e. The summed E-state index contributed by atoms with van der Waals surface area (Å²) in [7, 11) is 0. The van der Waals surface area contributed by atoms with Gasteiger partial charge < -0.3 is 15.0 Å². The lowest BCUT2D eigenvalue weighted by Crippen LogP contribution is -2.41. The molecule has 0 unspecified atom stereocenters. The summed E-state index contributed by atoms with van der Waals surface area (Å²) in [5, 5.41) is 3.49. The molecule has 2 amide bonds. The van der Waals surface area contributed by atoms with Crippen LogP contribution in [-0.4, -0.2) is 43.0 Å². The molecule has 2 aromatic carbocycles. The van der Waals surface area contributed by atoms with Crippen LogP contribution in [0.15, 0.2) is 36.4 Å². The summed E-state index contributed by atoms with van der Waals surface area (Å²) in [4.78, 5) is 27.2. The van der Waals surface area contributed by atoms with Crippen LogP contribution in [0.3, 0.4) is 0 Å². The number of anilines is 1. The fraction of sp³-hybridized carbons (Fsp3) is 0.222. The molecule has 0 saturated carbocycles. The molecule has 0 aliphatic carbocycles. The molecule has 0 spiro atoms. The van der Waals surface area contributed by atoms with Crippen molar-refractivity contribution in [2.75, 3.05) is 31.6 Å². The van der Waals surface area contributed by atoms with Crippen molar-refractivity contribution in [1.29, 1.82) is 0 Å². The molecule has 2 aromatic rings. The van der Waals surface area contributed by atoms with E-state index >= 15 is 0 Å². The molecule has 0 bridgehead atoms. The Bertz CT molecular complexity index is 854. The van der Waals surface area contributed by atoms with E-state index in [-0.39, 0.29) is 10.9 Å². The predicted molar refractivity (Wildman–Crippen MR) is 110 cm³/mol. The largest absolute Gasteiger partial charge is 0.378 e. The van der Waals surface area contributed by atoms with E-state index in [0.29, 0.717) is 48.1 Å². The first kappa shape index (κ1) is 19.4. The third kappa shape index (κ3) is 4.49. The zero-order chi connectivity index (χ0) is 18.7. The second-order valence-electron chi connectivity index (χ2n) is 5.67. The van der Waals surface area contributed by atoms with Crippen molar-refractivity contribution in [3.8, 4) is 0 Å². The number of benzene rings is 2. The molecule has 0 radical (unpaired) electrons. The number of rotatable bonds is 3. The van der Waals surface area contributed by atoms with Gasteiger partial charge in [0, 0.05) is 21.7 Å². The number of ether oxygens (including phenoxy) is 1. The number of carbonyl (C=O) groups excluding carboxylic acids is 2. The van der Waals surface area contributed by atoms with Gasteiger partial charge in [-0.2, -0.15) is 0 Å². The van der Waals surface area contributed by atoms with Crippen molar-refractivity contribution < 1.29 is 14.3 Å². The fourth-order valence-electron chi connectivity index (χ4n) is 2.60. The Morgan fingerprint density at radius 3 is 2.46 bits per heavy atom. The van der Waals surface area contributed by atoms with E-state index in [4.69, 9.17) is 27.9 Å². The Morgan fingerprint density at radius 1 is 1.04 bits per heavy atom. The molecular formula is C18H15Cl2IN2O3. The molecular weight excluding hydrogens is 490 g/mol. The van der Waals surface area contributed by atoms with Gasteiger partial charge in [-0.3, -0.25) is 9.59 Å². The van der Waals surface area contributed by atoms with Gasteiger partial charge in [-0.05, 0) is 59.0 Å². The highest BCUT2D eigenvalue weighted by Crippen LogP contribution is 2.25. The van der Waals surface area contributed by atoms with Crippen LogP contribution in [-0.2, 0) is 4.74 Å². The Morgan fingerprint density at radius 2 is 1.77 bits per heavy atom. The molecule has 1 aliphatic heterocycles. The zero-order valence-corrected chi connectivity index (χ0v) is 17.3. The minimum Gasteiger partial charge on any atom is -0.378 e. The molecule has 136 valence electrons. The number of morpholine rings is 1. The van der Waals surface area contributed by atoms with Crippen LogP contribution in [0.25, 0.3) is 0 Å². The van der Waals surface area contributed by atoms with Crippen LogP contribution in [0.5, 0.6) is 0 Å². The van der Waals surface area contributed by atoms with Crippen LogP contribution < -0.4 is 5.32 Å². The minimum atomic E-state index is -0.399. The molecule has 1 saturated heterocycles. The first-order chi connectivity index (χ1) is 12.5. The van der Waals surface area contributed by atoms with E-state index in [1.807, 2.05) is 6.07 Å². The van der Waals surface area contributed by atoms with Crippen molar-refractivity contribution in [3.63, 3.8) is 0 Å². The second kappa shape index (κ2) is 8.56. The molecule has 1 aliphatic rings. The van der Waals surface area contributed by atoms with Gasteiger partial charge in [0.05, 0.1) is 35.1 Å². The summed E-state index contributed by atoms with van der Waals surface area (Å²) >= 11 is 14.1. The SMILES string of the molecule is O=C(Nc1ccc(I)cc1C(=O)N1CCOCC1)c1ccc(Cl)cc1Cl. The average Bonchev–Trinajstić information content (AvgIpc) is 2.63. The number of hydrogen-bond acceptors (Lipinski definition) is 3. The highest BCUT2D eigenvalue weighted by atomic mass is 127. The highest BCUT2D eigenvalue weighted by molar-refractivity contribution is 14.1. The fourth-order valence-corrected chi connectivity index (χ4v) is 3.59. The van der Waals surface area contributed by atoms with E-state index < -0.39 is 5.91 Å². The minimum absolute atomic E-state index is 0.135. The third-order valence-electron chi connectivity index (χ3n) is 3.93. The molecule has 1 N–H and O–H groups in total. The number of nitrogens with zero attached hydrogens (tertiary/aromatic N) is 1. The lowest BCUT2D eigenvalue weighted by molar-refractivity contribution is 0.0303. The Kier molecular flexibility index (Phi) is 6.39. The highest BCUT2D eigenvalue weighted by Gasteiger charge is 2.22. The van der Waals surface area contributed by atoms with Gasteiger partial charge in [0.15, 0.2) is 0 Å². The Hall–Kier alpha value is -1.35. The molecule has 8 heteroatoms. The van der Waals surface area contributed by atoms with Crippen LogP contribution in [0.4, 0.5) is 5.69 Å². The van der Waals surface area contributed by atoms with Gasteiger partial charge in [0.1, 0.15) is 0 Å². The lowest BCUT2D eigenvalue weighted by Gasteiger charge is -2.27. The van der Waals surface area contributed by atoms with Gasteiger partial charge in [-0.1, -0.05) is 23.2 Å². The van der Waals surface area contributed by atoms with E-state index in [2.05, 4.69) is 27.9 Å². The maximum absolute atomic E-state index is 12.9. The van der Waals surface area contributed by atoms with Gasteiger partial charge in [0.2, 0.25) is 0 Å². The summed E-state index contributed by atoms with van der Waals surface area (Å²) in [6.45, 7) is 2.08. The normalized spacial score (nSPS) is 14.2. The van der Waals surface area contributed by atoms with Crippen molar-refractivity contribution >= 4 is 63.3 Å². The first-order valence-electron chi connectivity index (χ1n) is 7.88. The quantitative estimate of drug-likeness (QED) is 0.633. The number of hydrogen-bond donors (Lipinski definition) is 1. The Balaban J connectivity index is 1.87. The van der Waals surface area contributed by atoms with Gasteiger partial charge in [0.25, 0.3) is 11.8 Å². The van der Waals surface area contributed by atoms with Crippen molar-refractivity contribution in [3.05, 3.63) is 61.1 Å². The van der Waals surface area contributed by atoms with E-state index in [1.165, 1.54) is 6.07 Å². The van der Waals surface area contributed by atoms with E-state index in [0.717, 1.165) is 3.57 Å². The lowest BCUT2D eigenvalue weighted by atomic mass is 10.1. The topological polar surface area (TPSA) is 58.6 Å². The molecule has 0 atom stereocenters. The summed E-state index contributed by atoms with van der Waals surface area (Å²) in [5.41, 5.74) is 1.18. The van der Waals surface area contributed by atoms with E-state index in [9.17, 15) is 9.59 Å². The van der Waals surface area contributed by atoms with Crippen LogP contribution in [0.1, 0.15) is 20.7 Å². The number of halogens is 3. The van der Waals surface area contributed by atoms with Crippen LogP contribution in [0, 0.1) is 3.57 Å². The molecule has 26 heavy (non-hydrogen) atoms. The summed E-state index contributed by atoms with van der Waals surface area (Å²) < 4.78 is 6.20. The average molecular weight is 505 g/mol. The van der Waals surface area contributed by atoms with Crippen LogP contribution in [0.2, 0.25) is 10.0 Å². The van der Waals surface area contributed by atoms with Crippen molar-refractivity contribution in [2.24, 2.45) is 0 Å². The maximum atomic E-state index is 12.9. The summed E-state index contributed by atoms with van der Waals surface area (Å²) in [5.74, 6) is -0.534. The van der Waals surface area contributed by atoms with Gasteiger partial charge in [-0.25, -0.2) is 0 Å². The molecule has 1 heterocycles. The monoisotopic (exact) mass is 504 g/mol. The molecule has 1 fully saturated rings. The molecule has 5 nitrogen and oxygen atoms in total. The predicted octanol–water partition coefficient (Wildman–Crippen LogP) is 4.32. The molecule has 3 rings (SSSR count). The summed E-state index contributed by atoms with van der Waals surface area (Å²) in [6.07, 6.45) is 0. The number of nitrogens with one attached hydrogen (secondary N) is 1. The third-order valence-corrected chi connectivity index (χ3v) is 5.15. The van der Waals surface area contributed by atoms with Gasteiger partial charge in [-0.15, -0.1) is 0 Å². The van der Waals surface area contributed by atoms with Crippen molar-refractivity contribution in [2.45, 2.75) is 0 Å². The molecule has 0 aromatic heterocycles. The smallest absolute Gasteiger partial charge is 0.257 e. The van der Waals surface area contributed by atoms with Crippen LogP contribution >= 0.6 is 45.8 Å². The summed E-state index contributed by atoms with van der Waals surface area (Å²) in [6, 6.07) is 9.96. The standard InChI is InChI=1S/C18H15Cl2IN2O3/c19-11-1-3-13(15(20)9-11)17(24)22-16-4-2-12(21)10-14(16)18(25)23-5-7-26-8-6-23/h1-4,9-10H,5-8H2,(H,22,24). The Labute approximate surface area is 174 Å². The number of amides is 2. The zero-order valence-electron chi connectivity index (χ0n) is 13.6. The second-order valence-corrected chi connectivity index (χ2v) is 7.76.